The fourth-order valence-corrected chi connectivity index (χ4v) is 1.52. The van der Waals surface area contributed by atoms with E-state index in [4.69, 9.17) is 5.11 Å². The lowest BCUT2D eigenvalue weighted by Gasteiger charge is -2.12. The standard InChI is InChI=1S/C10H14N4O2/c1-6-2-3-8-10(13-14-12-8)9(6)11-4-7(16)5-15/h2-3,7,11,15-16H,4-5H2,1H3,(H,12,13,14). The summed E-state index contributed by atoms with van der Waals surface area (Å²) < 4.78 is 0. The Morgan fingerprint density at radius 1 is 1.44 bits per heavy atom. The first-order valence-electron chi connectivity index (χ1n) is 5.05. The summed E-state index contributed by atoms with van der Waals surface area (Å²) in [5.41, 5.74) is 3.36. The highest BCUT2D eigenvalue weighted by Gasteiger charge is 2.09. The molecule has 0 bridgehead atoms. The number of aromatic amines is 1. The lowest BCUT2D eigenvalue weighted by molar-refractivity contribution is 0.105. The molecule has 1 atom stereocenters. The number of hydrogen-bond acceptors (Lipinski definition) is 5. The van der Waals surface area contributed by atoms with Gasteiger partial charge in [-0.2, -0.15) is 15.4 Å². The van der Waals surface area contributed by atoms with E-state index in [9.17, 15) is 5.11 Å². The van der Waals surface area contributed by atoms with Gasteiger partial charge in [-0.05, 0) is 18.6 Å². The first kappa shape index (κ1) is 10.8. The first-order chi connectivity index (χ1) is 7.72. The summed E-state index contributed by atoms with van der Waals surface area (Å²) >= 11 is 0. The number of hydrogen-bond donors (Lipinski definition) is 4. The molecule has 1 heterocycles. The predicted molar refractivity (Wildman–Crippen MR) is 60.2 cm³/mol. The minimum absolute atomic E-state index is 0.263. The quantitative estimate of drug-likeness (QED) is 0.585. The Kier molecular flexibility index (Phi) is 3.02. The van der Waals surface area contributed by atoms with Crippen LogP contribution in [0, 0.1) is 6.92 Å². The van der Waals surface area contributed by atoms with Gasteiger partial charge in [-0.25, -0.2) is 0 Å². The van der Waals surface area contributed by atoms with Crippen LogP contribution in [0.5, 0.6) is 0 Å². The van der Waals surface area contributed by atoms with Gasteiger partial charge < -0.3 is 15.5 Å². The number of nitrogens with zero attached hydrogens (tertiary/aromatic N) is 2. The zero-order chi connectivity index (χ0) is 11.5. The molecule has 16 heavy (non-hydrogen) atoms. The van der Waals surface area contributed by atoms with Crippen molar-refractivity contribution in [2.24, 2.45) is 0 Å². The second-order valence-electron chi connectivity index (χ2n) is 3.67. The Morgan fingerprint density at radius 3 is 3.00 bits per heavy atom. The molecule has 1 unspecified atom stereocenters. The molecule has 6 nitrogen and oxygen atoms in total. The van der Waals surface area contributed by atoms with Crippen molar-refractivity contribution < 1.29 is 10.2 Å². The molecular weight excluding hydrogens is 208 g/mol. The highest BCUT2D eigenvalue weighted by atomic mass is 16.3. The van der Waals surface area contributed by atoms with Crippen LogP contribution in [-0.4, -0.2) is 44.9 Å². The zero-order valence-electron chi connectivity index (χ0n) is 8.94. The summed E-state index contributed by atoms with van der Waals surface area (Å²) in [5, 5.41) is 31.6. The molecule has 0 saturated heterocycles. The van der Waals surface area contributed by atoms with Crippen LogP contribution in [0.25, 0.3) is 11.0 Å². The van der Waals surface area contributed by atoms with Crippen LogP contribution in [0.1, 0.15) is 5.56 Å². The van der Waals surface area contributed by atoms with E-state index in [0.29, 0.717) is 0 Å². The van der Waals surface area contributed by atoms with Crippen LogP contribution < -0.4 is 5.32 Å². The van der Waals surface area contributed by atoms with Gasteiger partial charge in [0, 0.05) is 6.54 Å². The summed E-state index contributed by atoms with van der Waals surface area (Å²) in [6.45, 7) is 1.96. The van der Waals surface area contributed by atoms with E-state index >= 15 is 0 Å². The largest absolute Gasteiger partial charge is 0.394 e. The summed E-state index contributed by atoms with van der Waals surface area (Å²) in [4.78, 5) is 0. The number of fused-ring (bicyclic) bond motifs is 1. The normalized spacial score (nSPS) is 12.9. The van der Waals surface area contributed by atoms with Crippen LogP contribution in [-0.2, 0) is 0 Å². The fraction of sp³-hybridized carbons (Fsp3) is 0.400. The maximum Gasteiger partial charge on any atom is 0.136 e. The first-order valence-corrected chi connectivity index (χ1v) is 5.05. The summed E-state index contributed by atoms with van der Waals surface area (Å²) in [7, 11) is 0. The van der Waals surface area contributed by atoms with Gasteiger partial charge in [0.2, 0.25) is 0 Å². The summed E-state index contributed by atoms with van der Waals surface area (Å²) in [6, 6.07) is 3.81. The minimum Gasteiger partial charge on any atom is -0.394 e. The highest BCUT2D eigenvalue weighted by molar-refractivity contribution is 5.89. The predicted octanol–water partition coefficient (Wildman–Crippen LogP) is 0.0314. The van der Waals surface area contributed by atoms with Crippen molar-refractivity contribution in [3.63, 3.8) is 0 Å². The number of aliphatic hydroxyl groups excluding tert-OH is 2. The van der Waals surface area contributed by atoms with Gasteiger partial charge in [0.05, 0.1) is 18.4 Å². The van der Waals surface area contributed by atoms with E-state index in [0.717, 1.165) is 22.3 Å². The van der Waals surface area contributed by atoms with Crippen molar-refractivity contribution in [3.8, 4) is 0 Å². The van der Waals surface area contributed by atoms with Gasteiger partial charge in [0.15, 0.2) is 0 Å². The SMILES string of the molecule is Cc1ccc2n[nH]nc2c1NCC(O)CO. The van der Waals surface area contributed by atoms with E-state index < -0.39 is 6.10 Å². The van der Waals surface area contributed by atoms with Gasteiger partial charge >= 0.3 is 0 Å². The number of anilines is 1. The number of aromatic nitrogens is 3. The van der Waals surface area contributed by atoms with E-state index in [-0.39, 0.29) is 13.2 Å². The Hall–Kier alpha value is -1.66. The van der Waals surface area contributed by atoms with Crippen LogP contribution in [0.2, 0.25) is 0 Å². The topological polar surface area (TPSA) is 94.1 Å². The number of rotatable bonds is 4. The van der Waals surface area contributed by atoms with Crippen LogP contribution >= 0.6 is 0 Å². The molecule has 6 heteroatoms. The Balaban J connectivity index is 2.27. The van der Waals surface area contributed by atoms with Crippen LogP contribution in [0.3, 0.4) is 0 Å². The Morgan fingerprint density at radius 2 is 2.25 bits per heavy atom. The van der Waals surface area contributed by atoms with E-state index in [2.05, 4.69) is 20.7 Å². The van der Waals surface area contributed by atoms with Crippen molar-refractivity contribution in [1.82, 2.24) is 15.4 Å². The zero-order valence-corrected chi connectivity index (χ0v) is 8.94. The molecule has 0 spiro atoms. The smallest absolute Gasteiger partial charge is 0.136 e. The van der Waals surface area contributed by atoms with Crippen molar-refractivity contribution in [1.29, 1.82) is 0 Å². The van der Waals surface area contributed by atoms with Crippen molar-refractivity contribution >= 4 is 16.7 Å². The number of nitrogens with one attached hydrogen (secondary N) is 2. The second-order valence-corrected chi connectivity index (χ2v) is 3.67. The molecular formula is C10H14N4O2. The average Bonchev–Trinajstić information content (AvgIpc) is 2.75. The molecule has 4 N–H and O–H groups in total. The maximum absolute atomic E-state index is 9.28. The molecule has 2 aromatic rings. The van der Waals surface area contributed by atoms with Crippen molar-refractivity contribution in [3.05, 3.63) is 17.7 Å². The summed E-state index contributed by atoms with van der Waals surface area (Å²) in [6.07, 6.45) is -0.776. The van der Waals surface area contributed by atoms with Crippen molar-refractivity contribution in [2.45, 2.75) is 13.0 Å². The Labute approximate surface area is 92.3 Å². The maximum atomic E-state index is 9.28. The molecule has 86 valence electrons. The minimum atomic E-state index is -0.776. The fourth-order valence-electron chi connectivity index (χ4n) is 1.52. The van der Waals surface area contributed by atoms with Gasteiger partial charge in [-0.15, -0.1) is 0 Å². The van der Waals surface area contributed by atoms with Gasteiger partial charge in [-0.3, -0.25) is 0 Å². The molecule has 0 saturated carbocycles. The molecule has 0 amide bonds. The molecule has 1 aromatic carbocycles. The monoisotopic (exact) mass is 222 g/mol. The van der Waals surface area contributed by atoms with E-state index in [1.165, 1.54) is 0 Å². The molecule has 0 fully saturated rings. The van der Waals surface area contributed by atoms with Crippen molar-refractivity contribution in [2.75, 3.05) is 18.5 Å². The number of H-pyrrole nitrogens is 1. The van der Waals surface area contributed by atoms with Gasteiger partial charge in [-0.1, -0.05) is 6.07 Å². The summed E-state index contributed by atoms with van der Waals surface area (Å²) in [5.74, 6) is 0. The van der Waals surface area contributed by atoms with E-state index in [1.54, 1.807) is 0 Å². The third kappa shape index (κ3) is 1.98. The third-order valence-corrected chi connectivity index (χ3v) is 2.42. The molecule has 0 aliphatic heterocycles. The Bertz CT molecular complexity index is 483. The lowest BCUT2D eigenvalue weighted by Crippen LogP contribution is -2.23. The van der Waals surface area contributed by atoms with Crippen LogP contribution in [0.4, 0.5) is 5.69 Å². The molecule has 1 aromatic heterocycles. The van der Waals surface area contributed by atoms with E-state index in [1.807, 2.05) is 19.1 Å². The van der Waals surface area contributed by atoms with Gasteiger partial charge in [0.1, 0.15) is 11.0 Å². The number of aryl methyl sites for hydroxylation is 1. The third-order valence-electron chi connectivity index (χ3n) is 2.42. The van der Waals surface area contributed by atoms with Gasteiger partial charge in [0.25, 0.3) is 0 Å². The second kappa shape index (κ2) is 4.46. The number of benzene rings is 1. The molecule has 2 rings (SSSR count). The highest BCUT2D eigenvalue weighted by Crippen LogP contribution is 2.23. The molecule has 0 aliphatic carbocycles. The average molecular weight is 222 g/mol. The molecule has 0 radical (unpaired) electrons. The number of aliphatic hydroxyl groups is 2. The lowest BCUT2D eigenvalue weighted by atomic mass is 10.1. The molecule has 0 aliphatic rings. The van der Waals surface area contributed by atoms with Crippen LogP contribution in [0.15, 0.2) is 12.1 Å².